The lowest BCUT2D eigenvalue weighted by Gasteiger charge is -2.25. The predicted octanol–water partition coefficient (Wildman–Crippen LogP) is 3.47. The van der Waals surface area contributed by atoms with Gasteiger partial charge in [-0.05, 0) is 37.5 Å². The molecule has 1 aromatic rings. The highest BCUT2D eigenvalue weighted by molar-refractivity contribution is 9.10. The van der Waals surface area contributed by atoms with Crippen LogP contribution in [-0.2, 0) is 4.79 Å². The average molecular weight is 352 g/mol. The Kier molecular flexibility index (Phi) is 6.23. The summed E-state index contributed by atoms with van der Waals surface area (Å²) < 4.78 is 14.2. The number of carbonyl (C=O) groups excluding carboxylic acids is 1. The average Bonchev–Trinajstić information content (AvgIpc) is 2.34. The molecule has 1 aliphatic carbocycles. The van der Waals surface area contributed by atoms with Gasteiger partial charge < -0.3 is 11.1 Å². The topological polar surface area (TPSA) is 55.1 Å². The summed E-state index contributed by atoms with van der Waals surface area (Å²) in [6.07, 6.45) is 3.44. The molecule has 2 atom stereocenters. The summed E-state index contributed by atoms with van der Waals surface area (Å²) in [6.45, 7) is 0. The second kappa shape index (κ2) is 7.22. The van der Waals surface area contributed by atoms with Crippen molar-refractivity contribution in [1.29, 1.82) is 0 Å². The van der Waals surface area contributed by atoms with E-state index in [0.29, 0.717) is 6.42 Å². The SMILES string of the molecule is Cl.NC1CCCC(C(=O)Nc2cc(Br)ccc2F)C1. The Morgan fingerprint density at radius 1 is 1.42 bits per heavy atom. The minimum absolute atomic E-state index is 0. The Morgan fingerprint density at radius 2 is 2.16 bits per heavy atom. The molecule has 106 valence electrons. The van der Waals surface area contributed by atoms with Crippen LogP contribution in [0.2, 0.25) is 0 Å². The summed E-state index contributed by atoms with van der Waals surface area (Å²) in [7, 11) is 0. The van der Waals surface area contributed by atoms with E-state index < -0.39 is 5.82 Å². The van der Waals surface area contributed by atoms with Gasteiger partial charge in [-0.1, -0.05) is 22.4 Å². The van der Waals surface area contributed by atoms with Gasteiger partial charge in [0.05, 0.1) is 5.69 Å². The zero-order valence-corrected chi connectivity index (χ0v) is 12.8. The first-order valence-corrected chi connectivity index (χ1v) is 6.87. The van der Waals surface area contributed by atoms with E-state index in [0.717, 1.165) is 23.7 Å². The van der Waals surface area contributed by atoms with E-state index in [1.807, 2.05) is 0 Å². The number of anilines is 1. The van der Waals surface area contributed by atoms with Crippen LogP contribution in [-0.4, -0.2) is 11.9 Å². The molecule has 3 N–H and O–H groups in total. The first-order chi connectivity index (χ1) is 8.56. The molecule has 19 heavy (non-hydrogen) atoms. The second-order valence-electron chi connectivity index (χ2n) is 4.74. The van der Waals surface area contributed by atoms with Crippen molar-refractivity contribution in [3.05, 3.63) is 28.5 Å². The van der Waals surface area contributed by atoms with Gasteiger partial charge in [-0.15, -0.1) is 12.4 Å². The summed E-state index contributed by atoms with van der Waals surface area (Å²) in [4.78, 5) is 12.0. The minimum Gasteiger partial charge on any atom is -0.328 e. The van der Waals surface area contributed by atoms with E-state index in [1.165, 1.54) is 6.07 Å². The van der Waals surface area contributed by atoms with Gasteiger partial charge in [0, 0.05) is 16.4 Å². The number of carbonyl (C=O) groups is 1. The van der Waals surface area contributed by atoms with Crippen molar-refractivity contribution in [2.24, 2.45) is 11.7 Å². The molecule has 3 nitrogen and oxygen atoms in total. The number of benzene rings is 1. The number of nitrogens with one attached hydrogen (secondary N) is 1. The van der Waals surface area contributed by atoms with Gasteiger partial charge in [-0.25, -0.2) is 4.39 Å². The Hall–Kier alpha value is -0.650. The Bertz CT molecular complexity index is 458. The van der Waals surface area contributed by atoms with Crippen molar-refractivity contribution in [1.82, 2.24) is 0 Å². The molecule has 1 aromatic carbocycles. The molecule has 1 aliphatic rings. The third kappa shape index (κ3) is 4.44. The molecule has 0 spiro atoms. The van der Waals surface area contributed by atoms with Crippen molar-refractivity contribution >= 4 is 39.9 Å². The largest absolute Gasteiger partial charge is 0.328 e. The molecule has 1 amide bonds. The van der Waals surface area contributed by atoms with E-state index >= 15 is 0 Å². The van der Waals surface area contributed by atoms with Crippen LogP contribution >= 0.6 is 28.3 Å². The molecule has 0 heterocycles. The van der Waals surface area contributed by atoms with Gasteiger partial charge in [0.1, 0.15) is 5.82 Å². The smallest absolute Gasteiger partial charge is 0.227 e. The molecule has 0 radical (unpaired) electrons. The highest BCUT2D eigenvalue weighted by Gasteiger charge is 2.25. The maximum Gasteiger partial charge on any atom is 0.227 e. The fraction of sp³-hybridized carbons (Fsp3) is 0.462. The van der Waals surface area contributed by atoms with Gasteiger partial charge in [-0.2, -0.15) is 0 Å². The molecule has 0 aliphatic heterocycles. The first-order valence-electron chi connectivity index (χ1n) is 6.08. The number of hydrogen-bond acceptors (Lipinski definition) is 2. The normalized spacial score (nSPS) is 22.5. The van der Waals surface area contributed by atoms with Crippen LogP contribution in [0, 0.1) is 11.7 Å². The molecule has 6 heteroatoms. The number of amides is 1. The van der Waals surface area contributed by atoms with Gasteiger partial charge >= 0.3 is 0 Å². The van der Waals surface area contributed by atoms with Crippen LogP contribution in [0.15, 0.2) is 22.7 Å². The van der Waals surface area contributed by atoms with E-state index in [1.54, 1.807) is 12.1 Å². The number of halogens is 3. The molecule has 0 aromatic heterocycles. The molecule has 0 bridgehead atoms. The monoisotopic (exact) mass is 350 g/mol. The standard InChI is InChI=1S/C13H16BrFN2O.ClH/c14-9-4-5-11(15)12(7-9)17-13(18)8-2-1-3-10(16)6-8;/h4-5,7-8,10H,1-3,6,16H2,(H,17,18);1H. The second-order valence-corrected chi connectivity index (χ2v) is 5.65. The van der Waals surface area contributed by atoms with Crippen LogP contribution in [0.4, 0.5) is 10.1 Å². The van der Waals surface area contributed by atoms with E-state index in [9.17, 15) is 9.18 Å². The van der Waals surface area contributed by atoms with Gasteiger partial charge in [0.2, 0.25) is 5.91 Å². The molecule has 0 saturated heterocycles. The summed E-state index contributed by atoms with van der Waals surface area (Å²) in [5.41, 5.74) is 6.06. The van der Waals surface area contributed by atoms with Crippen LogP contribution < -0.4 is 11.1 Å². The minimum atomic E-state index is -0.424. The third-order valence-electron chi connectivity index (χ3n) is 3.27. The molecule has 2 rings (SSSR count). The Labute approximate surface area is 126 Å². The van der Waals surface area contributed by atoms with E-state index in [2.05, 4.69) is 21.2 Å². The number of nitrogens with two attached hydrogens (primary N) is 1. The maximum absolute atomic E-state index is 13.5. The van der Waals surface area contributed by atoms with Gasteiger partial charge in [0.25, 0.3) is 0 Å². The highest BCUT2D eigenvalue weighted by atomic mass is 79.9. The number of hydrogen-bond donors (Lipinski definition) is 2. The lowest BCUT2D eigenvalue weighted by molar-refractivity contribution is -0.120. The number of rotatable bonds is 2. The predicted molar refractivity (Wildman–Crippen MR) is 79.9 cm³/mol. The van der Waals surface area contributed by atoms with Crippen molar-refractivity contribution < 1.29 is 9.18 Å². The van der Waals surface area contributed by atoms with Crippen LogP contribution in [0.25, 0.3) is 0 Å². The lowest BCUT2D eigenvalue weighted by atomic mass is 9.85. The van der Waals surface area contributed by atoms with E-state index in [-0.39, 0.29) is 36.0 Å². The zero-order valence-electron chi connectivity index (χ0n) is 10.4. The molecule has 2 unspecified atom stereocenters. The fourth-order valence-corrected chi connectivity index (χ4v) is 2.65. The maximum atomic E-state index is 13.5. The Balaban J connectivity index is 0.00000180. The van der Waals surface area contributed by atoms with Gasteiger partial charge in [-0.3, -0.25) is 4.79 Å². The van der Waals surface area contributed by atoms with Crippen LogP contribution in [0.5, 0.6) is 0 Å². The summed E-state index contributed by atoms with van der Waals surface area (Å²) >= 11 is 3.25. The van der Waals surface area contributed by atoms with Crippen molar-refractivity contribution in [3.63, 3.8) is 0 Å². The molecule has 1 saturated carbocycles. The van der Waals surface area contributed by atoms with Crippen LogP contribution in [0.1, 0.15) is 25.7 Å². The van der Waals surface area contributed by atoms with Crippen molar-refractivity contribution in [2.75, 3.05) is 5.32 Å². The molecular weight excluding hydrogens is 335 g/mol. The van der Waals surface area contributed by atoms with Crippen molar-refractivity contribution in [3.8, 4) is 0 Å². The van der Waals surface area contributed by atoms with Gasteiger partial charge in [0.15, 0.2) is 0 Å². The van der Waals surface area contributed by atoms with Crippen molar-refractivity contribution in [2.45, 2.75) is 31.7 Å². The molecule has 1 fully saturated rings. The zero-order chi connectivity index (χ0) is 13.1. The lowest BCUT2D eigenvalue weighted by Crippen LogP contribution is -2.34. The summed E-state index contributed by atoms with van der Waals surface area (Å²) in [5.74, 6) is -0.666. The summed E-state index contributed by atoms with van der Waals surface area (Å²) in [6, 6.07) is 4.57. The fourth-order valence-electron chi connectivity index (χ4n) is 2.29. The third-order valence-corrected chi connectivity index (χ3v) is 3.77. The van der Waals surface area contributed by atoms with E-state index in [4.69, 9.17) is 5.73 Å². The molecular formula is C13H17BrClFN2O. The van der Waals surface area contributed by atoms with Crippen LogP contribution in [0.3, 0.4) is 0 Å². The quantitative estimate of drug-likeness (QED) is 0.857. The Morgan fingerprint density at radius 3 is 2.84 bits per heavy atom. The first kappa shape index (κ1) is 16.4. The summed E-state index contributed by atoms with van der Waals surface area (Å²) in [5, 5.41) is 2.64. The highest BCUT2D eigenvalue weighted by Crippen LogP contribution is 2.26.